The molecule has 1 aliphatic heterocycles. The van der Waals surface area contributed by atoms with Gasteiger partial charge in [0.2, 0.25) is 10.0 Å². The highest BCUT2D eigenvalue weighted by Crippen LogP contribution is 2.26. The standard InChI is InChI=1S/C18H19N5O3S/c1-14-3-5-17(6-4-14)27(24,25)22-11-15-7-10-21-23(15)16(12-22)13-26-18-19-8-2-9-20-18/h2-10,16H,11-13H2,1H3/t16-/m1/s1. The Bertz CT molecular complexity index is 1020. The third-order valence-corrected chi connectivity index (χ3v) is 6.28. The summed E-state index contributed by atoms with van der Waals surface area (Å²) in [6.07, 6.45) is 4.86. The molecule has 4 rings (SSSR count). The van der Waals surface area contributed by atoms with Gasteiger partial charge in [-0.2, -0.15) is 9.40 Å². The van der Waals surface area contributed by atoms with E-state index in [4.69, 9.17) is 4.74 Å². The van der Waals surface area contributed by atoms with E-state index in [1.54, 1.807) is 48.9 Å². The first-order valence-corrected chi connectivity index (χ1v) is 9.97. The fourth-order valence-electron chi connectivity index (χ4n) is 3.05. The minimum absolute atomic E-state index is 0.221. The zero-order valence-corrected chi connectivity index (χ0v) is 15.6. The van der Waals surface area contributed by atoms with Crippen molar-refractivity contribution in [3.05, 3.63) is 66.2 Å². The number of hydrogen-bond donors (Lipinski definition) is 0. The van der Waals surface area contributed by atoms with Gasteiger partial charge >= 0.3 is 6.01 Å². The second-order valence-corrected chi connectivity index (χ2v) is 8.31. The molecule has 9 heteroatoms. The van der Waals surface area contributed by atoms with E-state index < -0.39 is 10.0 Å². The van der Waals surface area contributed by atoms with Crippen LogP contribution >= 0.6 is 0 Å². The Kier molecular flexibility index (Phi) is 4.63. The number of nitrogens with zero attached hydrogens (tertiary/aromatic N) is 5. The zero-order valence-electron chi connectivity index (χ0n) is 14.8. The summed E-state index contributed by atoms with van der Waals surface area (Å²) < 4.78 is 35.1. The number of sulfonamides is 1. The van der Waals surface area contributed by atoms with Gasteiger partial charge in [0, 0.05) is 25.1 Å². The number of hydrogen-bond acceptors (Lipinski definition) is 6. The van der Waals surface area contributed by atoms with Crippen LogP contribution in [-0.2, 0) is 16.6 Å². The largest absolute Gasteiger partial charge is 0.461 e. The molecule has 0 aliphatic carbocycles. The second-order valence-electron chi connectivity index (χ2n) is 6.37. The highest BCUT2D eigenvalue weighted by Gasteiger charge is 2.34. The van der Waals surface area contributed by atoms with Gasteiger partial charge in [0.15, 0.2) is 0 Å². The first-order chi connectivity index (χ1) is 13.0. The minimum Gasteiger partial charge on any atom is -0.461 e. The van der Waals surface area contributed by atoms with Crippen LogP contribution < -0.4 is 4.74 Å². The fraction of sp³-hybridized carbons (Fsp3) is 0.278. The van der Waals surface area contributed by atoms with Crippen molar-refractivity contribution in [3.63, 3.8) is 0 Å². The van der Waals surface area contributed by atoms with E-state index in [2.05, 4.69) is 15.1 Å². The summed E-state index contributed by atoms with van der Waals surface area (Å²) in [6, 6.07) is 10.4. The van der Waals surface area contributed by atoms with Gasteiger partial charge in [-0.3, -0.25) is 4.68 Å². The lowest BCUT2D eigenvalue weighted by Crippen LogP contribution is -2.43. The maximum Gasteiger partial charge on any atom is 0.316 e. The van der Waals surface area contributed by atoms with Crippen molar-refractivity contribution in [1.29, 1.82) is 0 Å². The molecule has 0 bridgehead atoms. The van der Waals surface area contributed by atoms with E-state index in [9.17, 15) is 8.42 Å². The number of aryl methyl sites for hydroxylation is 1. The predicted octanol–water partition coefficient (Wildman–Crippen LogP) is 1.81. The van der Waals surface area contributed by atoms with E-state index in [-0.39, 0.29) is 36.6 Å². The van der Waals surface area contributed by atoms with Crippen molar-refractivity contribution in [2.24, 2.45) is 0 Å². The Morgan fingerprint density at radius 3 is 2.59 bits per heavy atom. The maximum absolute atomic E-state index is 13.1. The molecular formula is C18H19N5O3S. The lowest BCUT2D eigenvalue weighted by atomic mass is 10.2. The Morgan fingerprint density at radius 1 is 1.11 bits per heavy atom. The summed E-state index contributed by atoms with van der Waals surface area (Å²) in [5.74, 6) is 0. The first-order valence-electron chi connectivity index (χ1n) is 8.53. The predicted molar refractivity (Wildman–Crippen MR) is 97.6 cm³/mol. The first kappa shape index (κ1) is 17.6. The Balaban J connectivity index is 1.58. The van der Waals surface area contributed by atoms with Crippen molar-refractivity contribution in [2.75, 3.05) is 13.2 Å². The fourth-order valence-corrected chi connectivity index (χ4v) is 4.50. The Hall–Kier alpha value is -2.78. The molecule has 0 saturated heterocycles. The number of aromatic nitrogens is 4. The Morgan fingerprint density at radius 2 is 1.85 bits per heavy atom. The summed E-state index contributed by atoms with van der Waals surface area (Å²) >= 11 is 0. The molecule has 0 spiro atoms. The van der Waals surface area contributed by atoms with Crippen LogP contribution in [0.3, 0.4) is 0 Å². The van der Waals surface area contributed by atoms with Gasteiger partial charge in [-0.25, -0.2) is 18.4 Å². The van der Waals surface area contributed by atoms with Crippen molar-refractivity contribution in [1.82, 2.24) is 24.1 Å². The van der Waals surface area contributed by atoms with Crippen LogP contribution in [0, 0.1) is 6.92 Å². The molecule has 0 saturated carbocycles. The summed E-state index contributed by atoms with van der Waals surface area (Å²) in [7, 11) is -3.61. The number of benzene rings is 1. The monoisotopic (exact) mass is 385 g/mol. The average molecular weight is 385 g/mol. The maximum atomic E-state index is 13.1. The smallest absolute Gasteiger partial charge is 0.316 e. The van der Waals surface area contributed by atoms with Crippen molar-refractivity contribution in [2.45, 2.75) is 24.4 Å². The average Bonchev–Trinajstić information content (AvgIpc) is 3.16. The molecule has 1 aliphatic rings. The molecule has 0 amide bonds. The molecule has 1 atom stereocenters. The number of rotatable bonds is 5. The molecule has 0 fully saturated rings. The number of ether oxygens (including phenoxy) is 1. The Labute approximate surface area is 157 Å². The van der Waals surface area contributed by atoms with Gasteiger partial charge in [-0.05, 0) is 31.2 Å². The van der Waals surface area contributed by atoms with Gasteiger partial charge in [0.05, 0.1) is 17.1 Å². The van der Waals surface area contributed by atoms with Crippen molar-refractivity contribution >= 4 is 10.0 Å². The third kappa shape index (κ3) is 3.56. The summed E-state index contributed by atoms with van der Waals surface area (Å²) in [5.41, 5.74) is 1.83. The highest BCUT2D eigenvalue weighted by atomic mass is 32.2. The highest BCUT2D eigenvalue weighted by molar-refractivity contribution is 7.89. The second kappa shape index (κ2) is 7.09. The lowest BCUT2D eigenvalue weighted by molar-refractivity contribution is 0.174. The molecule has 3 heterocycles. The summed E-state index contributed by atoms with van der Waals surface area (Å²) in [6.45, 7) is 2.68. The molecule has 1 aromatic carbocycles. The van der Waals surface area contributed by atoms with Crippen LogP contribution in [0.5, 0.6) is 6.01 Å². The van der Waals surface area contributed by atoms with E-state index in [1.165, 1.54) is 4.31 Å². The third-order valence-electron chi connectivity index (χ3n) is 4.46. The molecule has 0 unspecified atom stereocenters. The summed E-state index contributed by atoms with van der Waals surface area (Å²) in [4.78, 5) is 8.36. The SMILES string of the molecule is Cc1ccc(S(=O)(=O)N2Cc3ccnn3[C@@H](COc3ncccn3)C2)cc1. The van der Waals surface area contributed by atoms with E-state index in [0.29, 0.717) is 0 Å². The van der Waals surface area contributed by atoms with Crippen molar-refractivity contribution in [3.8, 4) is 6.01 Å². The van der Waals surface area contributed by atoms with Crippen LogP contribution in [0.4, 0.5) is 0 Å². The molecule has 3 aromatic rings. The molecular weight excluding hydrogens is 366 g/mol. The quantitative estimate of drug-likeness (QED) is 0.665. The van der Waals surface area contributed by atoms with Crippen LogP contribution in [0.15, 0.2) is 59.9 Å². The molecule has 140 valence electrons. The van der Waals surface area contributed by atoms with Crippen LogP contribution in [0.1, 0.15) is 17.3 Å². The zero-order chi connectivity index (χ0) is 18.9. The van der Waals surface area contributed by atoms with E-state index in [0.717, 1.165) is 11.3 Å². The number of fused-ring (bicyclic) bond motifs is 1. The van der Waals surface area contributed by atoms with Crippen LogP contribution in [-0.4, -0.2) is 45.6 Å². The van der Waals surface area contributed by atoms with Gasteiger partial charge in [-0.1, -0.05) is 17.7 Å². The summed E-state index contributed by atoms with van der Waals surface area (Å²) in [5, 5.41) is 4.33. The molecule has 27 heavy (non-hydrogen) atoms. The normalized spacial score (nSPS) is 17.4. The van der Waals surface area contributed by atoms with Crippen LogP contribution in [0.2, 0.25) is 0 Å². The van der Waals surface area contributed by atoms with E-state index >= 15 is 0 Å². The topological polar surface area (TPSA) is 90.2 Å². The molecule has 0 N–H and O–H groups in total. The molecule has 8 nitrogen and oxygen atoms in total. The van der Waals surface area contributed by atoms with Crippen LogP contribution in [0.25, 0.3) is 0 Å². The van der Waals surface area contributed by atoms with Gasteiger partial charge < -0.3 is 4.74 Å². The van der Waals surface area contributed by atoms with Gasteiger partial charge in [0.1, 0.15) is 12.6 Å². The van der Waals surface area contributed by atoms with Gasteiger partial charge in [-0.15, -0.1) is 0 Å². The lowest BCUT2D eigenvalue weighted by Gasteiger charge is -2.32. The minimum atomic E-state index is -3.61. The molecule has 2 aromatic heterocycles. The van der Waals surface area contributed by atoms with Gasteiger partial charge in [0.25, 0.3) is 0 Å². The van der Waals surface area contributed by atoms with Crippen molar-refractivity contribution < 1.29 is 13.2 Å². The molecule has 0 radical (unpaired) electrons. The van der Waals surface area contributed by atoms with E-state index in [1.807, 2.05) is 17.7 Å².